The van der Waals surface area contributed by atoms with E-state index in [1.54, 1.807) is 7.11 Å². The van der Waals surface area contributed by atoms with Gasteiger partial charge in [0, 0.05) is 24.7 Å². The number of unbranched alkanes of at least 4 members (excludes halogenated alkanes) is 1. The van der Waals surface area contributed by atoms with Crippen molar-refractivity contribution in [3.63, 3.8) is 0 Å². The number of rotatable bonds is 8. The average Bonchev–Trinajstić information content (AvgIpc) is 3.15. The lowest BCUT2D eigenvalue weighted by Crippen LogP contribution is -2.44. The van der Waals surface area contributed by atoms with Gasteiger partial charge in [-0.1, -0.05) is 19.9 Å². The van der Waals surface area contributed by atoms with Crippen LogP contribution in [0, 0.1) is 6.92 Å². The van der Waals surface area contributed by atoms with Gasteiger partial charge in [-0.2, -0.15) is 0 Å². The normalized spacial score (nSPS) is 18.0. The van der Waals surface area contributed by atoms with Crippen LogP contribution in [-0.2, 0) is 4.74 Å². The minimum absolute atomic E-state index is 0.168. The van der Waals surface area contributed by atoms with Gasteiger partial charge in [0.15, 0.2) is 5.78 Å². The third-order valence-electron chi connectivity index (χ3n) is 7.32. The fraction of sp³-hybridized carbons (Fsp3) is 0.467. The number of nitrogens with zero attached hydrogens (tertiary/aromatic N) is 3. The Balaban J connectivity index is 1.41. The smallest absolute Gasteiger partial charge is 0.163 e. The van der Waals surface area contributed by atoms with Gasteiger partial charge in [-0.15, -0.1) is 0 Å². The third kappa shape index (κ3) is 5.65. The number of fused-ring (bicyclic) bond motifs is 1. The number of methoxy groups -OCH3 is 1. The summed E-state index contributed by atoms with van der Waals surface area (Å²) in [5.74, 6) is 2.74. The number of anilines is 2. The molecule has 0 amide bonds. The van der Waals surface area contributed by atoms with Crippen LogP contribution in [0.5, 0.6) is 0 Å². The molecule has 6 heteroatoms. The molecule has 0 saturated heterocycles. The van der Waals surface area contributed by atoms with Crippen LogP contribution in [0.3, 0.4) is 0 Å². The summed E-state index contributed by atoms with van der Waals surface area (Å²) in [6.45, 7) is 8.28. The Bertz CT molecular complexity index is 1210. The molecule has 0 atom stereocenters. The van der Waals surface area contributed by atoms with Crippen molar-refractivity contribution in [2.45, 2.75) is 52.4 Å². The molecule has 2 aliphatic heterocycles. The van der Waals surface area contributed by atoms with Crippen molar-refractivity contribution >= 4 is 22.7 Å². The molecule has 0 unspecified atom stereocenters. The molecule has 6 nitrogen and oxygen atoms in total. The van der Waals surface area contributed by atoms with E-state index in [0.717, 1.165) is 76.6 Å². The Morgan fingerprint density at radius 2 is 2.03 bits per heavy atom. The van der Waals surface area contributed by atoms with E-state index in [2.05, 4.69) is 69.5 Å². The summed E-state index contributed by atoms with van der Waals surface area (Å²) in [4.78, 5) is 20.1. The van der Waals surface area contributed by atoms with Crippen molar-refractivity contribution in [1.82, 2.24) is 4.98 Å². The number of ether oxygens (including phenoxy) is 1. The van der Waals surface area contributed by atoms with Crippen molar-refractivity contribution in [3.05, 3.63) is 70.5 Å². The van der Waals surface area contributed by atoms with Crippen molar-refractivity contribution in [2.75, 3.05) is 51.6 Å². The van der Waals surface area contributed by atoms with E-state index in [-0.39, 0.29) is 5.78 Å². The van der Waals surface area contributed by atoms with Gasteiger partial charge >= 0.3 is 0 Å². The Morgan fingerprint density at radius 3 is 2.75 bits per heavy atom. The molecule has 0 spiro atoms. The molecular formula is C30H41N4O2+. The van der Waals surface area contributed by atoms with Crippen LogP contribution in [0.4, 0.5) is 11.4 Å². The Labute approximate surface area is 216 Å². The SMILES string of the molecule is COC1=C(c2cc(C(=O)CCC/C=C3/Nc4ccc(C(C)C)cc4N3C)cc(C)n2)C[N+](C)(C)CC1. The summed E-state index contributed by atoms with van der Waals surface area (Å²) >= 11 is 0. The highest BCUT2D eigenvalue weighted by Crippen LogP contribution is 2.37. The van der Waals surface area contributed by atoms with E-state index in [1.165, 1.54) is 11.3 Å². The number of hydrogen-bond donors (Lipinski definition) is 1. The minimum Gasteiger partial charge on any atom is -0.500 e. The van der Waals surface area contributed by atoms with Gasteiger partial charge < -0.3 is 19.4 Å². The third-order valence-corrected chi connectivity index (χ3v) is 7.32. The molecule has 3 heterocycles. The van der Waals surface area contributed by atoms with Crippen LogP contribution in [0.25, 0.3) is 5.57 Å². The fourth-order valence-corrected chi connectivity index (χ4v) is 5.06. The molecule has 1 aromatic carbocycles. The van der Waals surface area contributed by atoms with Crippen molar-refractivity contribution < 1.29 is 14.0 Å². The van der Waals surface area contributed by atoms with Gasteiger partial charge in [-0.25, -0.2) is 0 Å². The first kappa shape index (κ1) is 26.0. The maximum absolute atomic E-state index is 13.1. The van der Waals surface area contributed by atoms with Gasteiger partial charge in [0.05, 0.1) is 56.8 Å². The summed E-state index contributed by atoms with van der Waals surface area (Å²) < 4.78 is 6.59. The number of likely N-dealkylation sites (N-methyl/N-ethyl adjacent to an activating group) is 1. The second-order valence-electron chi connectivity index (χ2n) is 11.1. The largest absolute Gasteiger partial charge is 0.500 e. The highest BCUT2D eigenvalue weighted by molar-refractivity contribution is 5.96. The Morgan fingerprint density at radius 1 is 1.25 bits per heavy atom. The van der Waals surface area contributed by atoms with Crippen LogP contribution >= 0.6 is 0 Å². The average molecular weight is 490 g/mol. The monoisotopic (exact) mass is 489 g/mol. The zero-order valence-electron chi connectivity index (χ0n) is 22.9. The minimum atomic E-state index is 0.168. The number of allylic oxidation sites excluding steroid dienone is 1. The van der Waals surface area contributed by atoms with Gasteiger partial charge in [0.25, 0.3) is 0 Å². The van der Waals surface area contributed by atoms with Gasteiger partial charge in [0.1, 0.15) is 18.1 Å². The zero-order chi connectivity index (χ0) is 26.0. The molecule has 0 radical (unpaired) electrons. The first-order valence-electron chi connectivity index (χ1n) is 13.0. The summed E-state index contributed by atoms with van der Waals surface area (Å²) in [6, 6.07) is 10.5. The fourth-order valence-electron chi connectivity index (χ4n) is 5.06. The first-order chi connectivity index (χ1) is 17.1. The summed E-state index contributed by atoms with van der Waals surface area (Å²) in [6.07, 6.45) is 5.24. The maximum atomic E-state index is 13.1. The second-order valence-corrected chi connectivity index (χ2v) is 11.1. The number of quaternary nitrogens is 1. The molecule has 0 aliphatic carbocycles. The molecule has 0 saturated carbocycles. The van der Waals surface area contributed by atoms with E-state index < -0.39 is 0 Å². The van der Waals surface area contributed by atoms with Gasteiger partial charge in [-0.3, -0.25) is 9.78 Å². The molecular weight excluding hydrogens is 448 g/mol. The summed E-state index contributed by atoms with van der Waals surface area (Å²) in [5.41, 5.74) is 7.28. The molecule has 1 N–H and O–H groups in total. The van der Waals surface area contributed by atoms with Crippen LogP contribution in [-0.4, -0.2) is 56.6 Å². The number of hydrogen-bond acceptors (Lipinski definition) is 5. The summed E-state index contributed by atoms with van der Waals surface area (Å²) in [7, 11) is 8.27. The number of carbonyl (C=O) groups is 1. The number of aromatic nitrogens is 1. The lowest BCUT2D eigenvalue weighted by molar-refractivity contribution is -0.884. The van der Waals surface area contributed by atoms with Crippen LogP contribution in [0.2, 0.25) is 0 Å². The van der Waals surface area contributed by atoms with Crippen molar-refractivity contribution in [2.24, 2.45) is 0 Å². The highest BCUT2D eigenvalue weighted by atomic mass is 16.5. The quantitative estimate of drug-likeness (QED) is 0.276. The number of aryl methyl sites for hydroxylation is 1. The Kier molecular flexibility index (Phi) is 7.55. The number of pyridine rings is 1. The molecule has 1 aromatic heterocycles. The zero-order valence-corrected chi connectivity index (χ0v) is 22.9. The second kappa shape index (κ2) is 10.5. The molecule has 2 aliphatic rings. The van der Waals surface area contributed by atoms with E-state index >= 15 is 0 Å². The molecule has 2 aromatic rings. The highest BCUT2D eigenvalue weighted by Gasteiger charge is 2.29. The molecule has 36 heavy (non-hydrogen) atoms. The number of benzene rings is 1. The first-order valence-corrected chi connectivity index (χ1v) is 13.0. The summed E-state index contributed by atoms with van der Waals surface area (Å²) in [5, 5.41) is 3.51. The van der Waals surface area contributed by atoms with E-state index in [1.807, 2.05) is 19.1 Å². The van der Waals surface area contributed by atoms with Crippen LogP contribution in [0.15, 0.2) is 48.0 Å². The van der Waals surface area contributed by atoms with Crippen molar-refractivity contribution in [1.29, 1.82) is 0 Å². The molecule has 0 bridgehead atoms. The molecule has 0 fully saturated rings. The van der Waals surface area contributed by atoms with Crippen LogP contribution < -0.4 is 10.2 Å². The molecule has 192 valence electrons. The van der Waals surface area contributed by atoms with E-state index in [4.69, 9.17) is 9.72 Å². The topological polar surface area (TPSA) is 54.5 Å². The van der Waals surface area contributed by atoms with Gasteiger partial charge in [0.2, 0.25) is 0 Å². The van der Waals surface area contributed by atoms with E-state index in [9.17, 15) is 4.79 Å². The molecule has 4 rings (SSSR count). The van der Waals surface area contributed by atoms with Gasteiger partial charge in [-0.05, 0) is 61.6 Å². The Hall–Kier alpha value is -3.12. The van der Waals surface area contributed by atoms with Crippen molar-refractivity contribution in [3.8, 4) is 0 Å². The predicted molar refractivity (Wildman–Crippen MR) is 148 cm³/mol. The maximum Gasteiger partial charge on any atom is 0.163 e. The van der Waals surface area contributed by atoms with Crippen LogP contribution in [0.1, 0.15) is 72.8 Å². The standard InChI is InChI=1S/C30H41N4O2/c1-20(2)22-12-13-25-27(18-22)33(4)30(32-25)11-9-8-10-28(35)23-16-21(3)31-26(17-23)24-19-34(5,6)15-14-29(24)36-7/h11-13,16-18,20,32H,8-10,14-15,19H2,1-7H3/q+1/b30-11-. The lowest BCUT2D eigenvalue weighted by atomic mass is 9.98. The number of Topliss-reactive ketones (excluding diaryl/α,β-unsaturated/α-hetero) is 1. The predicted octanol–water partition coefficient (Wildman–Crippen LogP) is 6.11. The van der Waals surface area contributed by atoms with E-state index in [0.29, 0.717) is 12.3 Å². The number of nitrogens with one attached hydrogen (secondary N) is 1. The number of carbonyl (C=O) groups excluding carboxylic acids is 1. The number of ketones is 1. The lowest BCUT2D eigenvalue weighted by Gasteiger charge is -2.35.